The lowest BCUT2D eigenvalue weighted by atomic mass is 10.2. The lowest BCUT2D eigenvalue weighted by molar-refractivity contribution is 0.268. The third-order valence-electron chi connectivity index (χ3n) is 1.57. The van der Waals surface area contributed by atoms with E-state index in [-0.39, 0.29) is 25.1 Å². The maximum absolute atomic E-state index is 8.58. The maximum atomic E-state index is 8.58. The van der Waals surface area contributed by atoms with Gasteiger partial charge in [-0.15, -0.1) is 12.4 Å². The van der Waals surface area contributed by atoms with Crippen molar-refractivity contribution >= 4 is 12.4 Å². The Bertz CT molecular complexity index is 225. The van der Waals surface area contributed by atoms with Gasteiger partial charge in [0.05, 0.1) is 6.04 Å². The van der Waals surface area contributed by atoms with Crippen LogP contribution in [0.25, 0.3) is 0 Å². The lowest BCUT2D eigenvalue weighted by Gasteiger charge is -2.04. The molecular weight excluding hydrogens is 178 g/mol. The van der Waals surface area contributed by atoms with Crippen LogP contribution >= 0.6 is 12.4 Å². The van der Waals surface area contributed by atoms with Crippen molar-refractivity contribution in [3.05, 3.63) is 23.7 Å². The summed E-state index contributed by atoms with van der Waals surface area (Å²) in [6.45, 7) is 1.97. The van der Waals surface area contributed by atoms with Crippen molar-refractivity contribution in [2.45, 2.75) is 19.4 Å². The van der Waals surface area contributed by atoms with Crippen molar-refractivity contribution in [3.63, 3.8) is 0 Å². The molecular formula is C8H14ClNO2. The van der Waals surface area contributed by atoms with Gasteiger partial charge in [0, 0.05) is 6.61 Å². The standard InChI is InChI=1S/C8H13NO2.ClH/c1-6-2-3-8(11-6)7(9)4-5-10;/h2-3,7,10H,4-5,9H2,1H3;1H/t7-;/m1./s1. The molecule has 0 spiro atoms. The van der Waals surface area contributed by atoms with Gasteiger partial charge < -0.3 is 15.3 Å². The van der Waals surface area contributed by atoms with Crippen LogP contribution in [-0.2, 0) is 0 Å². The van der Waals surface area contributed by atoms with E-state index in [1.807, 2.05) is 19.1 Å². The zero-order chi connectivity index (χ0) is 8.27. The van der Waals surface area contributed by atoms with E-state index in [4.69, 9.17) is 15.3 Å². The number of aryl methyl sites for hydroxylation is 1. The molecule has 0 fully saturated rings. The summed E-state index contributed by atoms with van der Waals surface area (Å²) in [7, 11) is 0. The summed E-state index contributed by atoms with van der Waals surface area (Å²) in [6, 6.07) is 3.54. The monoisotopic (exact) mass is 191 g/mol. The van der Waals surface area contributed by atoms with E-state index in [2.05, 4.69) is 0 Å². The molecule has 1 rings (SSSR count). The Hall–Kier alpha value is -0.510. The highest BCUT2D eigenvalue weighted by molar-refractivity contribution is 5.85. The number of halogens is 1. The van der Waals surface area contributed by atoms with Crippen LogP contribution in [0.5, 0.6) is 0 Å². The molecule has 1 aromatic heterocycles. The van der Waals surface area contributed by atoms with Crippen molar-refractivity contribution < 1.29 is 9.52 Å². The second kappa shape index (κ2) is 5.19. The highest BCUT2D eigenvalue weighted by Crippen LogP contribution is 2.15. The van der Waals surface area contributed by atoms with E-state index in [1.54, 1.807) is 0 Å². The summed E-state index contributed by atoms with van der Waals surface area (Å²) < 4.78 is 5.26. The van der Waals surface area contributed by atoms with Crippen LogP contribution in [0.1, 0.15) is 24.0 Å². The van der Waals surface area contributed by atoms with E-state index in [1.165, 1.54) is 0 Å². The zero-order valence-corrected chi connectivity index (χ0v) is 7.80. The Morgan fingerprint density at radius 3 is 2.67 bits per heavy atom. The molecule has 12 heavy (non-hydrogen) atoms. The van der Waals surface area contributed by atoms with E-state index in [0.717, 1.165) is 11.5 Å². The number of hydrogen-bond acceptors (Lipinski definition) is 3. The second-order valence-electron chi connectivity index (χ2n) is 2.57. The Labute approximate surface area is 78.0 Å². The first-order valence-electron chi connectivity index (χ1n) is 3.67. The third-order valence-corrected chi connectivity index (χ3v) is 1.57. The highest BCUT2D eigenvalue weighted by atomic mass is 35.5. The number of hydrogen-bond donors (Lipinski definition) is 2. The van der Waals surface area contributed by atoms with Crippen LogP contribution in [0.2, 0.25) is 0 Å². The first-order valence-corrected chi connectivity index (χ1v) is 3.67. The van der Waals surface area contributed by atoms with Crippen LogP contribution in [0.3, 0.4) is 0 Å². The summed E-state index contributed by atoms with van der Waals surface area (Å²) in [5, 5.41) is 8.58. The van der Waals surface area contributed by atoms with Crippen LogP contribution in [0.15, 0.2) is 16.5 Å². The van der Waals surface area contributed by atoms with Gasteiger partial charge in [-0.05, 0) is 25.5 Å². The van der Waals surface area contributed by atoms with Gasteiger partial charge in [0.1, 0.15) is 11.5 Å². The quantitative estimate of drug-likeness (QED) is 0.759. The topological polar surface area (TPSA) is 59.4 Å². The lowest BCUT2D eigenvalue weighted by Crippen LogP contribution is -2.10. The van der Waals surface area contributed by atoms with Crippen LogP contribution in [0, 0.1) is 6.92 Å². The Kier molecular flexibility index (Phi) is 4.97. The molecule has 0 aliphatic rings. The van der Waals surface area contributed by atoms with Gasteiger partial charge in [0.2, 0.25) is 0 Å². The molecule has 70 valence electrons. The van der Waals surface area contributed by atoms with Crippen LogP contribution in [-0.4, -0.2) is 11.7 Å². The van der Waals surface area contributed by atoms with Gasteiger partial charge in [0.15, 0.2) is 0 Å². The third kappa shape index (κ3) is 2.85. The first-order chi connectivity index (χ1) is 5.24. The fraction of sp³-hybridized carbons (Fsp3) is 0.500. The first kappa shape index (κ1) is 11.5. The molecule has 0 bridgehead atoms. The Morgan fingerprint density at radius 2 is 2.25 bits per heavy atom. The van der Waals surface area contributed by atoms with Gasteiger partial charge in [-0.2, -0.15) is 0 Å². The largest absolute Gasteiger partial charge is 0.465 e. The molecule has 4 heteroatoms. The van der Waals surface area contributed by atoms with Crippen molar-refractivity contribution in [3.8, 4) is 0 Å². The fourth-order valence-corrected chi connectivity index (χ4v) is 0.934. The van der Waals surface area contributed by atoms with Crippen molar-refractivity contribution in [1.82, 2.24) is 0 Å². The van der Waals surface area contributed by atoms with E-state index in [9.17, 15) is 0 Å². The zero-order valence-electron chi connectivity index (χ0n) is 6.99. The minimum Gasteiger partial charge on any atom is -0.465 e. The van der Waals surface area contributed by atoms with Gasteiger partial charge >= 0.3 is 0 Å². The SMILES string of the molecule is Cc1ccc([C@H](N)CCO)o1.Cl. The molecule has 0 radical (unpaired) electrons. The van der Waals surface area contributed by atoms with E-state index >= 15 is 0 Å². The molecule has 1 aromatic rings. The van der Waals surface area contributed by atoms with Crippen molar-refractivity contribution in [2.24, 2.45) is 5.73 Å². The number of rotatable bonds is 3. The van der Waals surface area contributed by atoms with E-state index < -0.39 is 0 Å². The summed E-state index contributed by atoms with van der Waals surface area (Å²) in [4.78, 5) is 0. The highest BCUT2D eigenvalue weighted by Gasteiger charge is 2.08. The maximum Gasteiger partial charge on any atom is 0.120 e. The normalized spacial score (nSPS) is 12.2. The number of furan rings is 1. The minimum absolute atomic E-state index is 0. The molecule has 0 aliphatic heterocycles. The summed E-state index contributed by atoms with van der Waals surface area (Å²) >= 11 is 0. The predicted octanol–water partition coefficient (Wildman–Crippen LogP) is 1.39. The smallest absolute Gasteiger partial charge is 0.120 e. The van der Waals surface area contributed by atoms with Crippen LogP contribution in [0.4, 0.5) is 0 Å². The minimum atomic E-state index is -0.173. The fourth-order valence-electron chi connectivity index (χ4n) is 0.934. The van der Waals surface area contributed by atoms with Gasteiger partial charge in [0.25, 0.3) is 0 Å². The average molecular weight is 192 g/mol. The molecule has 0 amide bonds. The summed E-state index contributed by atoms with van der Waals surface area (Å²) in [5.41, 5.74) is 5.67. The molecule has 0 saturated carbocycles. The number of aliphatic hydroxyl groups excluding tert-OH is 1. The number of nitrogens with two attached hydrogens (primary N) is 1. The molecule has 0 aliphatic carbocycles. The van der Waals surface area contributed by atoms with E-state index in [0.29, 0.717) is 6.42 Å². The molecule has 3 N–H and O–H groups in total. The molecule has 3 nitrogen and oxygen atoms in total. The predicted molar refractivity (Wildman–Crippen MR) is 49.3 cm³/mol. The van der Waals surface area contributed by atoms with Gasteiger partial charge in [-0.3, -0.25) is 0 Å². The molecule has 0 saturated heterocycles. The Morgan fingerprint density at radius 1 is 1.58 bits per heavy atom. The molecule has 0 aromatic carbocycles. The van der Waals surface area contributed by atoms with Gasteiger partial charge in [-0.1, -0.05) is 0 Å². The molecule has 1 atom stereocenters. The second-order valence-corrected chi connectivity index (χ2v) is 2.57. The Balaban J connectivity index is 0.00000121. The van der Waals surface area contributed by atoms with Crippen LogP contribution < -0.4 is 5.73 Å². The summed E-state index contributed by atoms with van der Waals surface area (Å²) in [5.74, 6) is 1.60. The average Bonchev–Trinajstić information content (AvgIpc) is 2.36. The summed E-state index contributed by atoms with van der Waals surface area (Å²) in [6.07, 6.45) is 0.549. The van der Waals surface area contributed by atoms with Crippen molar-refractivity contribution in [2.75, 3.05) is 6.61 Å². The van der Waals surface area contributed by atoms with Gasteiger partial charge in [-0.25, -0.2) is 0 Å². The molecule has 0 unspecified atom stereocenters. The number of aliphatic hydroxyl groups is 1. The van der Waals surface area contributed by atoms with Crippen molar-refractivity contribution in [1.29, 1.82) is 0 Å². The molecule has 1 heterocycles.